The quantitative estimate of drug-likeness (QED) is 0.485. The molecule has 2 aromatic heterocycles. The van der Waals surface area contributed by atoms with E-state index in [2.05, 4.69) is 10.2 Å². The Morgan fingerprint density at radius 3 is 2.39 bits per heavy atom. The Morgan fingerprint density at radius 2 is 1.89 bits per heavy atom. The zero-order valence-corrected chi connectivity index (χ0v) is 16.6. The van der Waals surface area contributed by atoms with Gasteiger partial charge in [-0.25, -0.2) is 8.42 Å². The van der Waals surface area contributed by atoms with Crippen molar-refractivity contribution in [2.24, 2.45) is 7.05 Å². The van der Waals surface area contributed by atoms with Gasteiger partial charge in [0, 0.05) is 39.4 Å². The minimum atomic E-state index is -3.65. The number of carbonyl (C=O) groups excluding carboxylic acids is 1. The summed E-state index contributed by atoms with van der Waals surface area (Å²) < 4.78 is 29.3. The number of hydrogen-bond acceptors (Lipinski definition) is 7. The van der Waals surface area contributed by atoms with Crippen LogP contribution in [0.3, 0.4) is 0 Å². The lowest BCUT2D eigenvalue weighted by atomic mass is 10.3. The van der Waals surface area contributed by atoms with Crippen molar-refractivity contribution < 1.29 is 18.1 Å². The van der Waals surface area contributed by atoms with Gasteiger partial charge in [-0.15, -0.1) is 0 Å². The van der Waals surface area contributed by atoms with Crippen LogP contribution in [0.5, 0.6) is 0 Å². The van der Waals surface area contributed by atoms with Crippen molar-refractivity contribution in [1.29, 1.82) is 0 Å². The Bertz CT molecular complexity index is 1020. The second-order valence-corrected chi connectivity index (χ2v) is 8.51. The van der Waals surface area contributed by atoms with Crippen LogP contribution in [0.4, 0.5) is 5.69 Å². The molecule has 1 saturated heterocycles. The number of nitrogens with zero attached hydrogens (tertiary/aromatic N) is 7. The van der Waals surface area contributed by atoms with Crippen molar-refractivity contribution >= 4 is 21.6 Å². The van der Waals surface area contributed by atoms with Gasteiger partial charge in [0.1, 0.15) is 22.8 Å². The lowest BCUT2D eigenvalue weighted by molar-refractivity contribution is -0.386. The molecule has 1 amide bonds. The normalized spacial score (nSPS) is 15.8. The molecular formula is C15H21N7O5S. The zero-order chi connectivity index (χ0) is 20.6. The van der Waals surface area contributed by atoms with Gasteiger partial charge in [0.25, 0.3) is 0 Å². The van der Waals surface area contributed by atoms with Crippen LogP contribution in [-0.2, 0) is 28.4 Å². The van der Waals surface area contributed by atoms with E-state index in [1.807, 2.05) is 0 Å². The summed E-state index contributed by atoms with van der Waals surface area (Å²) >= 11 is 0. The van der Waals surface area contributed by atoms with E-state index in [0.717, 1.165) is 0 Å². The molecule has 12 nitrogen and oxygen atoms in total. The van der Waals surface area contributed by atoms with Gasteiger partial charge in [0.05, 0.1) is 11.1 Å². The summed E-state index contributed by atoms with van der Waals surface area (Å²) in [5, 5.41) is 19.0. The van der Waals surface area contributed by atoms with Gasteiger partial charge in [0.15, 0.2) is 0 Å². The largest absolute Gasteiger partial charge is 0.338 e. The highest BCUT2D eigenvalue weighted by molar-refractivity contribution is 7.89. The summed E-state index contributed by atoms with van der Waals surface area (Å²) in [5.74, 6) is -0.265. The number of amides is 1. The fourth-order valence-electron chi connectivity index (χ4n) is 3.19. The Hall–Kier alpha value is -2.80. The summed E-state index contributed by atoms with van der Waals surface area (Å²) in [6.07, 6.45) is 2.73. The number of piperazine rings is 1. The van der Waals surface area contributed by atoms with Gasteiger partial charge in [-0.2, -0.15) is 14.5 Å². The van der Waals surface area contributed by atoms with Gasteiger partial charge in [0.2, 0.25) is 15.9 Å². The Balaban J connectivity index is 1.65. The maximum Gasteiger partial charge on any atom is 0.312 e. The molecule has 3 heterocycles. The number of nitro groups is 1. The minimum Gasteiger partial charge on any atom is -0.338 e. The number of rotatable bonds is 5. The second-order valence-electron chi connectivity index (χ2n) is 6.57. The molecule has 1 aliphatic heterocycles. The van der Waals surface area contributed by atoms with E-state index in [-0.39, 0.29) is 54.9 Å². The molecule has 0 atom stereocenters. The average molecular weight is 411 g/mol. The molecule has 0 radical (unpaired) electrons. The molecule has 13 heteroatoms. The molecular weight excluding hydrogens is 390 g/mol. The van der Waals surface area contributed by atoms with Crippen LogP contribution in [0.15, 0.2) is 17.3 Å². The molecule has 28 heavy (non-hydrogen) atoms. The van der Waals surface area contributed by atoms with Crippen LogP contribution < -0.4 is 0 Å². The Morgan fingerprint density at radius 1 is 1.25 bits per heavy atom. The van der Waals surface area contributed by atoms with Gasteiger partial charge in [-0.05, 0) is 13.8 Å². The van der Waals surface area contributed by atoms with Gasteiger partial charge in [-0.1, -0.05) is 0 Å². The molecule has 0 N–H and O–H groups in total. The van der Waals surface area contributed by atoms with E-state index in [1.54, 1.807) is 14.0 Å². The van der Waals surface area contributed by atoms with Crippen LogP contribution in [0.25, 0.3) is 0 Å². The van der Waals surface area contributed by atoms with Crippen molar-refractivity contribution in [1.82, 2.24) is 28.8 Å². The molecule has 3 rings (SSSR count). The van der Waals surface area contributed by atoms with Crippen LogP contribution in [0.2, 0.25) is 0 Å². The fraction of sp³-hybridized carbons (Fsp3) is 0.533. The molecule has 1 fully saturated rings. The smallest absolute Gasteiger partial charge is 0.312 e. The fourth-order valence-corrected chi connectivity index (χ4v) is 4.60. The molecule has 0 aliphatic carbocycles. The third-order valence-corrected chi connectivity index (χ3v) is 6.57. The average Bonchev–Trinajstić information content (AvgIpc) is 3.19. The highest BCUT2D eigenvalue weighted by atomic mass is 32.2. The SMILES string of the molecule is Cc1nn(CC(=O)N2CCN(S(=O)(=O)c3cnn(C)c3)CC2)c(C)c1[N+](=O)[O-]. The molecule has 0 unspecified atom stereocenters. The minimum absolute atomic E-state index is 0.0971. The van der Waals surface area contributed by atoms with E-state index in [9.17, 15) is 23.3 Å². The predicted octanol–water partition coefficient (Wildman–Crippen LogP) is -0.325. The maximum absolute atomic E-state index is 12.6. The third kappa shape index (κ3) is 3.62. The van der Waals surface area contributed by atoms with Crippen LogP contribution in [-0.4, -0.2) is 74.2 Å². The summed E-state index contributed by atoms with van der Waals surface area (Å²) in [5.41, 5.74) is 0.469. The molecule has 0 spiro atoms. The van der Waals surface area contributed by atoms with Crippen LogP contribution >= 0.6 is 0 Å². The molecule has 152 valence electrons. The van der Waals surface area contributed by atoms with Crippen molar-refractivity contribution in [3.63, 3.8) is 0 Å². The predicted molar refractivity (Wildman–Crippen MR) is 96.9 cm³/mol. The second kappa shape index (κ2) is 7.31. The monoisotopic (exact) mass is 411 g/mol. The van der Waals surface area contributed by atoms with Crippen molar-refractivity contribution in [2.75, 3.05) is 26.2 Å². The van der Waals surface area contributed by atoms with Crippen molar-refractivity contribution in [3.05, 3.63) is 33.9 Å². The van der Waals surface area contributed by atoms with E-state index in [1.165, 1.54) is 37.9 Å². The zero-order valence-electron chi connectivity index (χ0n) is 15.8. The molecule has 0 aromatic carbocycles. The van der Waals surface area contributed by atoms with E-state index in [4.69, 9.17) is 0 Å². The van der Waals surface area contributed by atoms with Gasteiger partial charge in [-0.3, -0.25) is 24.3 Å². The van der Waals surface area contributed by atoms with E-state index in [0.29, 0.717) is 5.69 Å². The van der Waals surface area contributed by atoms with Crippen molar-refractivity contribution in [3.8, 4) is 0 Å². The molecule has 2 aromatic rings. The number of sulfonamides is 1. The highest BCUT2D eigenvalue weighted by Crippen LogP contribution is 2.22. The van der Waals surface area contributed by atoms with E-state index < -0.39 is 14.9 Å². The van der Waals surface area contributed by atoms with Crippen LogP contribution in [0, 0.1) is 24.0 Å². The first-order valence-electron chi connectivity index (χ1n) is 8.56. The summed E-state index contributed by atoms with van der Waals surface area (Å²) in [7, 11) is -2.01. The third-order valence-electron chi connectivity index (χ3n) is 4.72. The number of hydrogen-bond donors (Lipinski definition) is 0. The summed E-state index contributed by atoms with van der Waals surface area (Å²) in [6, 6.07) is 0. The number of aryl methyl sites for hydroxylation is 2. The first-order chi connectivity index (χ1) is 13.1. The van der Waals surface area contributed by atoms with Crippen LogP contribution in [0.1, 0.15) is 11.4 Å². The van der Waals surface area contributed by atoms with Crippen molar-refractivity contribution in [2.45, 2.75) is 25.3 Å². The highest BCUT2D eigenvalue weighted by Gasteiger charge is 2.31. The number of carbonyl (C=O) groups is 1. The topological polar surface area (TPSA) is 136 Å². The standard InChI is InChI=1S/C15H21N7O5S/c1-11-15(22(24)25)12(2)21(17-11)10-14(23)19-4-6-20(7-5-19)28(26,27)13-8-16-18(3)9-13/h8-9H,4-7,10H2,1-3H3. The molecule has 1 aliphatic rings. The lowest BCUT2D eigenvalue weighted by Crippen LogP contribution is -2.51. The van der Waals surface area contributed by atoms with Gasteiger partial charge >= 0.3 is 5.69 Å². The summed E-state index contributed by atoms with van der Waals surface area (Å²) in [6.45, 7) is 3.74. The molecule has 0 saturated carbocycles. The summed E-state index contributed by atoms with van der Waals surface area (Å²) in [4.78, 5) is 24.8. The Labute approximate surface area is 161 Å². The molecule has 0 bridgehead atoms. The van der Waals surface area contributed by atoms with Gasteiger partial charge < -0.3 is 4.90 Å². The lowest BCUT2D eigenvalue weighted by Gasteiger charge is -2.33. The first-order valence-corrected chi connectivity index (χ1v) is 10.00. The van der Waals surface area contributed by atoms with E-state index >= 15 is 0 Å². The number of aromatic nitrogens is 4. The first kappa shape index (κ1) is 19.9. The Kier molecular flexibility index (Phi) is 5.21. The maximum atomic E-state index is 12.6.